The summed E-state index contributed by atoms with van der Waals surface area (Å²) in [5.74, 6) is 1.12. The number of nitrogens with one attached hydrogen (secondary N) is 1. The molecule has 0 radical (unpaired) electrons. The van der Waals surface area contributed by atoms with E-state index in [9.17, 15) is 9.59 Å². The van der Waals surface area contributed by atoms with Gasteiger partial charge in [0.1, 0.15) is 5.82 Å². The number of rotatable bonds is 4. The zero-order valence-electron chi connectivity index (χ0n) is 17.8. The van der Waals surface area contributed by atoms with Crippen molar-refractivity contribution >= 4 is 12.0 Å². The highest BCUT2D eigenvalue weighted by atomic mass is 16.5. The average molecular weight is 411 g/mol. The summed E-state index contributed by atoms with van der Waals surface area (Å²) in [5.41, 5.74) is 2.13. The van der Waals surface area contributed by atoms with Crippen molar-refractivity contribution in [2.45, 2.75) is 58.2 Å². The number of fused-ring (bicyclic) bond motifs is 1. The van der Waals surface area contributed by atoms with Gasteiger partial charge < -0.3 is 19.5 Å². The zero-order valence-corrected chi connectivity index (χ0v) is 17.8. The topological polar surface area (TPSA) is 76.5 Å². The third-order valence-corrected chi connectivity index (χ3v) is 6.40. The Hall–Kier alpha value is -2.83. The molecule has 0 bridgehead atoms. The molecule has 7 nitrogen and oxygen atoms in total. The monoisotopic (exact) mass is 410 g/mol. The van der Waals surface area contributed by atoms with E-state index in [0.29, 0.717) is 31.2 Å². The van der Waals surface area contributed by atoms with Crippen LogP contribution in [0.15, 0.2) is 30.3 Å². The van der Waals surface area contributed by atoms with E-state index in [1.54, 1.807) is 4.90 Å². The van der Waals surface area contributed by atoms with Gasteiger partial charge in [-0.25, -0.2) is 9.78 Å². The van der Waals surface area contributed by atoms with E-state index in [1.165, 1.54) is 26.4 Å². The number of hydrogen-bond donors (Lipinski definition) is 1. The number of hydrogen-bond acceptors (Lipinski definition) is 4. The number of carbonyl (C=O) groups excluding carboxylic acids is 2. The molecule has 160 valence electrons. The molecule has 7 heteroatoms. The summed E-state index contributed by atoms with van der Waals surface area (Å²) < 4.78 is 6.96. The number of ether oxygens (including phenoxy) is 1. The summed E-state index contributed by atoms with van der Waals surface area (Å²) in [7, 11) is 1.38. The van der Waals surface area contributed by atoms with Crippen molar-refractivity contribution in [2.75, 3.05) is 13.7 Å². The van der Waals surface area contributed by atoms with E-state index >= 15 is 0 Å². The Morgan fingerprint density at radius 3 is 2.57 bits per heavy atom. The van der Waals surface area contributed by atoms with E-state index in [1.807, 2.05) is 30.3 Å². The molecule has 0 unspecified atom stereocenters. The van der Waals surface area contributed by atoms with Gasteiger partial charge in [0.15, 0.2) is 5.69 Å². The van der Waals surface area contributed by atoms with E-state index < -0.39 is 0 Å². The molecule has 1 N–H and O–H groups in total. The van der Waals surface area contributed by atoms with Gasteiger partial charge in [-0.3, -0.25) is 4.79 Å². The van der Waals surface area contributed by atoms with Crippen LogP contribution in [-0.2, 0) is 17.8 Å². The maximum absolute atomic E-state index is 13.2. The quantitative estimate of drug-likeness (QED) is 0.831. The predicted molar refractivity (Wildman–Crippen MR) is 114 cm³/mol. The van der Waals surface area contributed by atoms with Gasteiger partial charge in [-0.05, 0) is 25.7 Å². The number of imidazole rings is 1. The fourth-order valence-corrected chi connectivity index (χ4v) is 4.67. The number of aromatic nitrogens is 2. The first kappa shape index (κ1) is 20.4. The second-order valence-corrected chi connectivity index (χ2v) is 8.30. The number of amides is 2. The lowest BCUT2D eigenvalue weighted by Crippen LogP contribution is -2.41. The molecule has 0 spiro atoms. The van der Waals surface area contributed by atoms with Crippen LogP contribution in [0.3, 0.4) is 0 Å². The fourth-order valence-electron chi connectivity index (χ4n) is 4.67. The Bertz CT molecular complexity index is 903. The molecule has 1 aliphatic carbocycles. The lowest BCUT2D eigenvalue weighted by atomic mass is 9.84. The maximum Gasteiger partial charge on any atom is 0.409 e. The summed E-state index contributed by atoms with van der Waals surface area (Å²) in [4.78, 5) is 31.7. The molecule has 1 saturated carbocycles. The van der Waals surface area contributed by atoms with Gasteiger partial charge in [0.05, 0.1) is 19.3 Å². The molecule has 1 fully saturated rings. The molecule has 0 saturated heterocycles. The first-order chi connectivity index (χ1) is 14.6. The van der Waals surface area contributed by atoms with Gasteiger partial charge in [0.2, 0.25) is 0 Å². The van der Waals surface area contributed by atoms with Crippen LogP contribution in [0.4, 0.5) is 4.79 Å². The largest absolute Gasteiger partial charge is 0.453 e. The Morgan fingerprint density at radius 1 is 1.13 bits per heavy atom. The van der Waals surface area contributed by atoms with E-state index in [4.69, 9.17) is 9.72 Å². The summed E-state index contributed by atoms with van der Waals surface area (Å²) in [6.07, 6.45) is 5.69. The van der Waals surface area contributed by atoms with Crippen LogP contribution in [0.25, 0.3) is 11.4 Å². The third-order valence-electron chi connectivity index (χ3n) is 6.40. The molecule has 1 aliphatic heterocycles. The molecule has 4 rings (SSSR count). The van der Waals surface area contributed by atoms with Crippen LogP contribution in [-0.4, -0.2) is 46.1 Å². The molecule has 1 atom stereocenters. The van der Waals surface area contributed by atoms with Crippen molar-refractivity contribution in [1.29, 1.82) is 0 Å². The van der Waals surface area contributed by atoms with E-state index in [-0.39, 0.29) is 18.0 Å². The normalized spacial score (nSPS) is 17.9. The minimum absolute atomic E-state index is 0.107. The van der Waals surface area contributed by atoms with Crippen molar-refractivity contribution in [2.24, 2.45) is 5.92 Å². The highest BCUT2D eigenvalue weighted by Gasteiger charge is 2.31. The van der Waals surface area contributed by atoms with E-state index in [2.05, 4.69) is 16.8 Å². The number of carbonyl (C=O) groups is 2. The summed E-state index contributed by atoms with van der Waals surface area (Å²) in [6, 6.07) is 9.98. The van der Waals surface area contributed by atoms with Gasteiger partial charge in [-0.2, -0.15) is 0 Å². The standard InChI is InChI=1S/C23H30N4O3/c1-16(17-9-5-3-6-10-17)24-22(28)20-19-15-26(23(29)30-2)13-14-27(19)21(25-20)18-11-7-4-8-12-18/h4,7-8,11-12,16-17H,3,5-6,9-10,13-15H2,1-2H3,(H,24,28)/t16-/m1/s1. The number of methoxy groups -OCH3 is 1. The summed E-state index contributed by atoms with van der Waals surface area (Å²) in [6.45, 7) is 3.50. The second-order valence-electron chi connectivity index (χ2n) is 8.30. The van der Waals surface area contributed by atoms with Crippen molar-refractivity contribution in [3.63, 3.8) is 0 Å². The number of nitrogens with zero attached hydrogens (tertiary/aromatic N) is 3. The molecular formula is C23H30N4O3. The van der Waals surface area contributed by atoms with Crippen LogP contribution in [0.2, 0.25) is 0 Å². The Morgan fingerprint density at radius 2 is 1.87 bits per heavy atom. The second kappa shape index (κ2) is 8.90. The first-order valence-electron chi connectivity index (χ1n) is 10.9. The smallest absolute Gasteiger partial charge is 0.409 e. The summed E-state index contributed by atoms with van der Waals surface area (Å²) in [5, 5.41) is 3.19. The molecule has 2 amide bonds. The average Bonchev–Trinajstić information content (AvgIpc) is 3.18. The Kier molecular flexibility index (Phi) is 6.06. The predicted octanol–water partition coefficient (Wildman–Crippen LogP) is 3.83. The van der Waals surface area contributed by atoms with Crippen LogP contribution in [0.5, 0.6) is 0 Å². The van der Waals surface area contributed by atoms with Gasteiger partial charge >= 0.3 is 6.09 Å². The Labute approximate surface area is 177 Å². The lowest BCUT2D eigenvalue weighted by molar-refractivity contribution is 0.0905. The molecular weight excluding hydrogens is 380 g/mol. The van der Waals surface area contributed by atoms with Gasteiger partial charge in [0.25, 0.3) is 5.91 Å². The van der Waals surface area contributed by atoms with Crippen molar-refractivity contribution in [3.05, 3.63) is 41.7 Å². The van der Waals surface area contributed by atoms with Crippen molar-refractivity contribution in [1.82, 2.24) is 19.8 Å². The van der Waals surface area contributed by atoms with Gasteiger partial charge in [-0.1, -0.05) is 49.6 Å². The first-order valence-corrected chi connectivity index (χ1v) is 10.9. The third kappa shape index (κ3) is 4.06. The molecule has 2 aliphatic rings. The molecule has 2 heterocycles. The molecule has 1 aromatic carbocycles. The maximum atomic E-state index is 13.2. The zero-order chi connectivity index (χ0) is 21.1. The van der Waals surface area contributed by atoms with Crippen molar-refractivity contribution < 1.29 is 14.3 Å². The lowest BCUT2D eigenvalue weighted by Gasteiger charge is -2.29. The van der Waals surface area contributed by atoms with Gasteiger partial charge in [0, 0.05) is 24.7 Å². The molecule has 1 aromatic heterocycles. The number of benzene rings is 1. The SMILES string of the molecule is COC(=O)N1CCn2c(-c3ccccc3)nc(C(=O)N[C@H](C)C3CCCCC3)c2C1. The minimum Gasteiger partial charge on any atom is -0.453 e. The van der Waals surface area contributed by atoms with Crippen LogP contribution in [0.1, 0.15) is 55.2 Å². The van der Waals surface area contributed by atoms with Crippen LogP contribution < -0.4 is 5.32 Å². The molecule has 30 heavy (non-hydrogen) atoms. The molecule has 2 aromatic rings. The van der Waals surface area contributed by atoms with E-state index in [0.717, 1.165) is 29.9 Å². The van der Waals surface area contributed by atoms with Gasteiger partial charge in [-0.15, -0.1) is 0 Å². The van der Waals surface area contributed by atoms with Crippen LogP contribution in [0, 0.1) is 5.92 Å². The Balaban J connectivity index is 1.64. The highest BCUT2D eigenvalue weighted by Crippen LogP contribution is 2.29. The summed E-state index contributed by atoms with van der Waals surface area (Å²) >= 11 is 0. The highest BCUT2D eigenvalue weighted by molar-refractivity contribution is 5.94. The minimum atomic E-state index is -0.384. The fraction of sp³-hybridized carbons (Fsp3) is 0.522. The van der Waals surface area contributed by atoms with Crippen LogP contribution >= 0.6 is 0 Å². The van der Waals surface area contributed by atoms with Crippen molar-refractivity contribution in [3.8, 4) is 11.4 Å².